The Balaban J connectivity index is 1.39. The fraction of sp³-hybridized carbons (Fsp3) is 0.588. The summed E-state index contributed by atoms with van der Waals surface area (Å²) in [4.78, 5) is 16.2. The van der Waals surface area contributed by atoms with E-state index >= 15 is 0 Å². The van der Waals surface area contributed by atoms with Crippen LogP contribution >= 0.6 is 11.6 Å². The van der Waals surface area contributed by atoms with Crippen molar-refractivity contribution in [3.63, 3.8) is 0 Å². The second-order valence-electron chi connectivity index (χ2n) is 6.18. The summed E-state index contributed by atoms with van der Waals surface area (Å²) in [5.74, 6) is 0.822. The highest BCUT2D eigenvalue weighted by Crippen LogP contribution is 2.19. The van der Waals surface area contributed by atoms with Crippen molar-refractivity contribution in [1.29, 1.82) is 0 Å². The van der Waals surface area contributed by atoms with Gasteiger partial charge in [-0.15, -0.1) is 0 Å². The molecule has 2 saturated heterocycles. The Morgan fingerprint density at radius 1 is 1.35 bits per heavy atom. The molecule has 23 heavy (non-hydrogen) atoms. The normalized spacial score (nSPS) is 22.2. The molecule has 1 N–H and O–H groups in total. The molecule has 0 radical (unpaired) electrons. The van der Waals surface area contributed by atoms with Gasteiger partial charge >= 0.3 is 6.03 Å². The van der Waals surface area contributed by atoms with Gasteiger partial charge < -0.3 is 19.9 Å². The molecular formula is C17H24ClN3O2. The molecule has 0 unspecified atom stereocenters. The number of urea groups is 1. The van der Waals surface area contributed by atoms with E-state index < -0.39 is 0 Å². The largest absolute Gasteiger partial charge is 0.493 e. The number of likely N-dealkylation sites (tertiary alicyclic amines) is 1. The summed E-state index contributed by atoms with van der Waals surface area (Å²) in [5, 5.41) is 3.59. The van der Waals surface area contributed by atoms with Gasteiger partial charge in [0.2, 0.25) is 0 Å². The van der Waals surface area contributed by atoms with Crippen molar-refractivity contribution in [2.75, 3.05) is 39.3 Å². The maximum absolute atomic E-state index is 11.8. The van der Waals surface area contributed by atoms with Crippen LogP contribution < -0.4 is 10.1 Å². The van der Waals surface area contributed by atoms with E-state index in [1.54, 1.807) is 0 Å². The molecule has 5 nitrogen and oxygen atoms in total. The van der Waals surface area contributed by atoms with E-state index in [2.05, 4.69) is 10.2 Å². The quantitative estimate of drug-likeness (QED) is 0.812. The predicted octanol–water partition coefficient (Wildman–Crippen LogP) is 2.60. The second-order valence-corrected chi connectivity index (χ2v) is 6.62. The van der Waals surface area contributed by atoms with Crippen LogP contribution in [0.5, 0.6) is 5.75 Å². The zero-order valence-electron chi connectivity index (χ0n) is 13.3. The molecule has 3 rings (SSSR count). The van der Waals surface area contributed by atoms with Crippen molar-refractivity contribution < 1.29 is 9.53 Å². The smallest absolute Gasteiger partial charge is 0.317 e. The number of hydrogen-bond acceptors (Lipinski definition) is 3. The van der Waals surface area contributed by atoms with Crippen LogP contribution in [0.15, 0.2) is 24.3 Å². The standard InChI is InChI=1S/C17H24ClN3O2/c18-14-4-1-6-16(12-14)23-11-3-9-20-8-2-5-15(13-20)21-10-7-19-17(21)22/h1,4,6,12,15H,2-3,5,7-11,13H2,(H,19,22)/t15-/m0/s1. The van der Waals surface area contributed by atoms with E-state index in [4.69, 9.17) is 16.3 Å². The summed E-state index contributed by atoms with van der Waals surface area (Å²) in [6, 6.07) is 7.96. The summed E-state index contributed by atoms with van der Waals surface area (Å²) >= 11 is 5.94. The van der Waals surface area contributed by atoms with Crippen molar-refractivity contribution in [3.8, 4) is 5.75 Å². The Hall–Kier alpha value is -1.46. The molecule has 1 aromatic carbocycles. The Bertz CT molecular complexity index is 540. The molecular weight excluding hydrogens is 314 g/mol. The van der Waals surface area contributed by atoms with Gasteiger partial charge in [0.15, 0.2) is 0 Å². The van der Waals surface area contributed by atoms with Crippen LogP contribution in [0, 0.1) is 0 Å². The fourth-order valence-corrected chi connectivity index (χ4v) is 3.54. The van der Waals surface area contributed by atoms with Crippen LogP contribution in [0.3, 0.4) is 0 Å². The molecule has 6 heteroatoms. The number of rotatable bonds is 6. The summed E-state index contributed by atoms with van der Waals surface area (Å²) in [5.41, 5.74) is 0. The van der Waals surface area contributed by atoms with Gasteiger partial charge in [-0.3, -0.25) is 0 Å². The number of halogens is 1. The Morgan fingerprint density at radius 3 is 3.04 bits per heavy atom. The minimum Gasteiger partial charge on any atom is -0.493 e. The number of nitrogens with one attached hydrogen (secondary N) is 1. The van der Waals surface area contributed by atoms with Gasteiger partial charge in [0, 0.05) is 37.2 Å². The third-order valence-electron chi connectivity index (χ3n) is 4.49. The van der Waals surface area contributed by atoms with Gasteiger partial charge in [-0.25, -0.2) is 4.79 Å². The minimum absolute atomic E-state index is 0.0983. The highest BCUT2D eigenvalue weighted by atomic mass is 35.5. The van der Waals surface area contributed by atoms with Crippen molar-refractivity contribution in [1.82, 2.24) is 15.1 Å². The van der Waals surface area contributed by atoms with Gasteiger partial charge in [-0.05, 0) is 44.0 Å². The van der Waals surface area contributed by atoms with Gasteiger partial charge in [0.05, 0.1) is 6.61 Å². The second kappa shape index (κ2) is 7.88. The van der Waals surface area contributed by atoms with Crippen LogP contribution in [0.4, 0.5) is 4.79 Å². The van der Waals surface area contributed by atoms with Gasteiger partial charge in [-0.1, -0.05) is 17.7 Å². The predicted molar refractivity (Wildman–Crippen MR) is 91.1 cm³/mol. The number of benzene rings is 1. The maximum Gasteiger partial charge on any atom is 0.317 e. The summed E-state index contributed by atoms with van der Waals surface area (Å²) in [7, 11) is 0. The number of nitrogens with zero attached hydrogens (tertiary/aromatic N) is 2. The third kappa shape index (κ3) is 4.52. The van der Waals surface area contributed by atoms with Gasteiger partial charge in [-0.2, -0.15) is 0 Å². The molecule has 126 valence electrons. The lowest BCUT2D eigenvalue weighted by molar-refractivity contribution is 0.121. The first kappa shape index (κ1) is 16.4. The van der Waals surface area contributed by atoms with Crippen molar-refractivity contribution in [3.05, 3.63) is 29.3 Å². The average Bonchev–Trinajstić information content (AvgIpc) is 2.98. The van der Waals surface area contributed by atoms with Crippen LogP contribution in [0.1, 0.15) is 19.3 Å². The Morgan fingerprint density at radius 2 is 2.26 bits per heavy atom. The summed E-state index contributed by atoms with van der Waals surface area (Å²) in [6.07, 6.45) is 3.25. The number of piperidine rings is 1. The lowest BCUT2D eigenvalue weighted by atomic mass is 10.0. The molecule has 0 aromatic heterocycles. The van der Waals surface area contributed by atoms with Crippen LogP contribution in [-0.4, -0.2) is 61.2 Å². The van der Waals surface area contributed by atoms with E-state index in [1.165, 1.54) is 0 Å². The molecule has 2 amide bonds. The number of amides is 2. The molecule has 2 aliphatic heterocycles. The van der Waals surface area contributed by atoms with Crippen LogP contribution in [0.2, 0.25) is 5.02 Å². The minimum atomic E-state index is 0.0983. The lowest BCUT2D eigenvalue weighted by Crippen LogP contribution is -2.49. The molecule has 0 saturated carbocycles. The first-order valence-electron chi connectivity index (χ1n) is 8.37. The number of carbonyl (C=O) groups is 1. The SMILES string of the molecule is O=C1NCCN1[C@H]1CCCN(CCCOc2cccc(Cl)c2)C1. The van der Waals surface area contributed by atoms with Crippen LogP contribution in [-0.2, 0) is 0 Å². The zero-order valence-corrected chi connectivity index (χ0v) is 14.1. The lowest BCUT2D eigenvalue weighted by Gasteiger charge is -2.37. The van der Waals surface area contributed by atoms with E-state index in [0.29, 0.717) is 17.7 Å². The third-order valence-corrected chi connectivity index (χ3v) is 4.73. The first-order valence-corrected chi connectivity index (χ1v) is 8.75. The molecule has 2 fully saturated rings. The van der Waals surface area contributed by atoms with Crippen molar-refractivity contribution in [2.45, 2.75) is 25.3 Å². The topological polar surface area (TPSA) is 44.8 Å². The van der Waals surface area contributed by atoms with Gasteiger partial charge in [0.25, 0.3) is 0 Å². The van der Waals surface area contributed by atoms with E-state index in [9.17, 15) is 4.79 Å². The molecule has 0 spiro atoms. The maximum atomic E-state index is 11.8. The van der Waals surface area contributed by atoms with Crippen LogP contribution in [0.25, 0.3) is 0 Å². The number of carbonyl (C=O) groups excluding carboxylic acids is 1. The molecule has 1 aromatic rings. The Labute approximate surface area is 142 Å². The highest BCUT2D eigenvalue weighted by Gasteiger charge is 2.30. The van der Waals surface area contributed by atoms with E-state index in [1.807, 2.05) is 29.2 Å². The van der Waals surface area contributed by atoms with Crippen molar-refractivity contribution in [2.24, 2.45) is 0 Å². The molecule has 2 heterocycles. The molecule has 0 bridgehead atoms. The number of hydrogen-bond donors (Lipinski definition) is 1. The fourth-order valence-electron chi connectivity index (χ4n) is 3.36. The first-order chi connectivity index (χ1) is 11.2. The molecule has 2 aliphatic rings. The average molecular weight is 338 g/mol. The van der Waals surface area contributed by atoms with Crippen molar-refractivity contribution >= 4 is 17.6 Å². The molecule has 1 atom stereocenters. The molecule has 0 aliphatic carbocycles. The summed E-state index contributed by atoms with van der Waals surface area (Å²) in [6.45, 7) is 5.41. The monoisotopic (exact) mass is 337 g/mol. The van der Waals surface area contributed by atoms with E-state index in [-0.39, 0.29) is 6.03 Å². The number of ether oxygens (including phenoxy) is 1. The van der Waals surface area contributed by atoms with E-state index in [0.717, 1.165) is 57.7 Å². The van der Waals surface area contributed by atoms with Gasteiger partial charge in [0.1, 0.15) is 5.75 Å². The summed E-state index contributed by atoms with van der Waals surface area (Å²) < 4.78 is 5.74. The highest BCUT2D eigenvalue weighted by molar-refractivity contribution is 6.30. The Kier molecular flexibility index (Phi) is 5.62. The zero-order chi connectivity index (χ0) is 16.1.